The number of amides is 1. The summed E-state index contributed by atoms with van der Waals surface area (Å²) in [5.74, 6) is -1.56. The summed E-state index contributed by atoms with van der Waals surface area (Å²) in [6.45, 7) is 1.16. The number of aliphatic carboxylic acids is 1. The molecule has 1 heterocycles. The van der Waals surface area contributed by atoms with Crippen molar-refractivity contribution in [1.29, 1.82) is 0 Å². The van der Waals surface area contributed by atoms with E-state index >= 15 is 0 Å². The Bertz CT molecular complexity index is 198. The monoisotopic (exact) mass is 187 g/mol. The Morgan fingerprint density at radius 3 is 2.85 bits per heavy atom. The molecule has 1 atom stereocenters. The predicted octanol–water partition coefficient (Wildman–Crippen LogP) is -0.244. The first-order valence-electron chi connectivity index (χ1n) is 4.28. The maximum atomic E-state index is 10.9. The van der Waals surface area contributed by atoms with Gasteiger partial charge in [0, 0.05) is 13.2 Å². The van der Waals surface area contributed by atoms with Gasteiger partial charge in [-0.25, -0.2) is 0 Å². The highest BCUT2D eigenvalue weighted by atomic mass is 16.5. The molecule has 2 N–H and O–H groups in total. The van der Waals surface area contributed by atoms with Gasteiger partial charge in [0.05, 0.1) is 6.10 Å². The van der Waals surface area contributed by atoms with Crippen LogP contribution in [0, 0.1) is 0 Å². The van der Waals surface area contributed by atoms with Crippen LogP contribution in [0.2, 0.25) is 0 Å². The molecule has 0 aromatic heterocycles. The summed E-state index contributed by atoms with van der Waals surface area (Å²) in [6, 6.07) is 0. The van der Waals surface area contributed by atoms with E-state index in [0.29, 0.717) is 6.54 Å². The van der Waals surface area contributed by atoms with Crippen LogP contribution in [0.1, 0.15) is 19.3 Å². The molecule has 13 heavy (non-hydrogen) atoms. The van der Waals surface area contributed by atoms with Crippen LogP contribution in [0.4, 0.5) is 0 Å². The number of nitrogens with one attached hydrogen (secondary N) is 1. The first-order chi connectivity index (χ1) is 6.18. The fourth-order valence-corrected chi connectivity index (χ4v) is 1.23. The minimum atomic E-state index is -1.11. The van der Waals surface area contributed by atoms with E-state index in [-0.39, 0.29) is 6.10 Å². The van der Waals surface area contributed by atoms with E-state index in [2.05, 4.69) is 5.32 Å². The van der Waals surface area contributed by atoms with E-state index in [4.69, 9.17) is 9.84 Å². The molecular weight excluding hydrogens is 174 g/mol. The summed E-state index contributed by atoms with van der Waals surface area (Å²) in [5, 5.41) is 10.8. The topological polar surface area (TPSA) is 75.6 Å². The molecule has 0 aliphatic carbocycles. The lowest BCUT2D eigenvalue weighted by atomic mass is 10.2. The molecule has 1 rings (SSSR count). The van der Waals surface area contributed by atoms with Gasteiger partial charge in [0.15, 0.2) is 0 Å². The largest absolute Gasteiger partial charge is 0.481 e. The van der Waals surface area contributed by atoms with Crippen LogP contribution in [0.25, 0.3) is 0 Å². The molecule has 0 unspecified atom stereocenters. The zero-order valence-electron chi connectivity index (χ0n) is 7.28. The SMILES string of the molecule is O=C(O)CC(=O)NC[C@H]1CCCO1. The highest BCUT2D eigenvalue weighted by Gasteiger charge is 2.16. The Balaban J connectivity index is 2.10. The van der Waals surface area contributed by atoms with Crippen LogP contribution in [0.15, 0.2) is 0 Å². The minimum Gasteiger partial charge on any atom is -0.481 e. The molecule has 0 bridgehead atoms. The minimum absolute atomic E-state index is 0.0674. The smallest absolute Gasteiger partial charge is 0.312 e. The number of carbonyl (C=O) groups excluding carboxylic acids is 1. The lowest BCUT2D eigenvalue weighted by Crippen LogP contribution is -2.32. The van der Waals surface area contributed by atoms with Gasteiger partial charge in [-0.15, -0.1) is 0 Å². The lowest BCUT2D eigenvalue weighted by molar-refractivity contribution is -0.140. The normalized spacial score (nSPS) is 21.4. The van der Waals surface area contributed by atoms with Crippen molar-refractivity contribution in [3.05, 3.63) is 0 Å². The van der Waals surface area contributed by atoms with E-state index in [1.807, 2.05) is 0 Å². The van der Waals surface area contributed by atoms with Crippen LogP contribution in [-0.2, 0) is 14.3 Å². The van der Waals surface area contributed by atoms with Crippen molar-refractivity contribution < 1.29 is 19.4 Å². The van der Waals surface area contributed by atoms with Crippen molar-refractivity contribution in [2.75, 3.05) is 13.2 Å². The van der Waals surface area contributed by atoms with Crippen molar-refractivity contribution in [3.63, 3.8) is 0 Å². The summed E-state index contributed by atoms with van der Waals surface area (Å²) in [7, 11) is 0. The van der Waals surface area contributed by atoms with Crippen LogP contribution in [0.3, 0.4) is 0 Å². The fraction of sp³-hybridized carbons (Fsp3) is 0.750. The Morgan fingerprint density at radius 2 is 2.31 bits per heavy atom. The average Bonchev–Trinajstić information content (AvgIpc) is 2.51. The predicted molar refractivity (Wildman–Crippen MR) is 44.2 cm³/mol. The van der Waals surface area contributed by atoms with Gasteiger partial charge in [-0.2, -0.15) is 0 Å². The number of ether oxygens (including phenoxy) is 1. The molecule has 5 nitrogen and oxygen atoms in total. The highest BCUT2D eigenvalue weighted by molar-refractivity contribution is 5.93. The van der Waals surface area contributed by atoms with Crippen molar-refractivity contribution in [2.45, 2.75) is 25.4 Å². The summed E-state index contributed by atoms with van der Waals surface area (Å²) in [4.78, 5) is 21.0. The van der Waals surface area contributed by atoms with Gasteiger partial charge in [-0.05, 0) is 12.8 Å². The third-order valence-corrected chi connectivity index (χ3v) is 1.86. The third kappa shape index (κ3) is 3.89. The van der Waals surface area contributed by atoms with Crippen LogP contribution in [-0.4, -0.2) is 36.2 Å². The lowest BCUT2D eigenvalue weighted by Gasteiger charge is -2.09. The molecule has 1 aliphatic rings. The van der Waals surface area contributed by atoms with Crippen molar-refractivity contribution in [3.8, 4) is 0 Å². The summed E-state index contributed by atoms with van der Waals surface area (Å²) in [5.41, 5.74) is 0. The molecule has 1 fully saturated rings. The van der Waals surface area contributed by atoms with E-state index in [1.54, 1.807) is 0 Å². The Morgan fingerprint density at radius 1 is 1.54 bits per heavy atom. The first-order valence-corrected chi connectivity index (χ1v) is 4.28. The van der Waals surface area contributed by atoms with Gasteiger partial charge in [-0.3, -0.25) is 9.59 Å². The molecule has 0 radical (unpaired) electrons. The molecule has 1 saturated heterocycles. The summed E-state index contributed by atoms with van der Waals surface area (Å²) >= 11 is 0. The molecule has 0 aromatic carbocycles. The van der Waals surface area contributed by atoms with Gasteiger partial charge >= 0.3 is 5.97 Å². The van der Waals surface area contributed by atoms with Gasteiger partial charge < -0.3 is 15.2 Å². The molecule has 0 aromatic rings. The Kier molecular flexibility index (Phi) is 3.70. The van der Waals surface area contributed by atoms with E-state index in [1.165, 1.54) is 0 Å². The number of hydrogen-bond donors (Lipinski definition) is 2. The second kappa shape index (κ2) is 4.81. The molecule has 5 heteroatoms. The van der Waals surface area contributed by atoms with E-state index in [9.17, 15) is 9.59 Å². The second-order valence-electron chi connectivity index (χ2n) is 3.01. The van der Waals surface area contributed by atoms with E-state index < -0.39 is 18.3 Å². The second-order valence-corrected chi connectivity index (χ2v) is 3.01. The first kappa shape index (κ1) is 9.98. The number of rotatable bonds is 4. The molecular formula is C8H13NO4. The average molecular weight is 187 g/mol. The highest BCUT2D eigenvalue weighted by Crippen LogP contribution is 2.10. The van der Waals surface area contributed by atoms with Gasteiger partial charge in [0.2, 0.25) is 5.91 Å². The molecule has 0 spiro atoms. The van der Waals surface area contributed by atoms with Crippen LogP contribution in [0.5, 0.6) is 0 Å². The summed E-state index contributed by atoms with van der Waals surface area (Å²) < 4.78 is 5.25. The molecule has 0 saturated carbocycles. The van der Waals surface area contributed by atoms with Crippen molar-refractivity contribution in [1.82, 2.24) is 5.32 Å². The molecule has 74 valence electrons. The van der Waals surface area contributed by atoms with Gasteiger partial charge in [0.1, 0.15) is 6.42 Å². The quantitative estimate of drug-likeness (QED) is 0.595. The van der Waals surface area contributed by atoms with E-state index in [0.717, 1.165) is 19.4 Å². The number of carbonyl (C=O) groups is 2. The molecule has 1 aliphatic heterocycles. The number of carboxylic acid groups (broad SMARTS) is 1. The van der Waals surface area contributed by atoms with Crippen LogP contribution < -0.4 is 5.32 Å². The Hall–Kier alpha value is -1.10. The third-order valence-electron chi connectivity index (χ3n) is 1.86. The maximum absolute atomic E-state index is 10.9. The Labute approximate surface area is 76.1 Å². The standard InChI is InChI=1S/C8H13NO4/c10-7(4-8(11)12)9-5-6-2-1-3-13-6/h6H,1-5H2,(H,9,10)(H,11,12)/t6-/m1/s1. The maximum Gasteiger partial charge on any atom is 0.312 e. The zero-order valence-corrected chi connectivity index (χ0v) is 7.28. The van der Waals surface area contributed by atoms with Crippen molar-refractivity contribution in [2.24, 2.45) is 0 Å². The molecule has 1 amide bonds. The van der Waals surface area contributed by atoms with Crippen molar-refractivity contribution >= 4 is 11.9 Å². The van der Waals surface area contributed by atoms with Gasteiger partial charge in [0.25, 0.3) is 0 Å². The van der Waals surface area contributed by atoms with Crippen LogP contribution >= 0.6 is 0 Å². The zero-order chi connectivity index (χ0) is 9.68. The number of hydrogen-bond acceptors (Lipinski definition) is 3. The number of carboxylic acids is 1. The summed E-state index contributed by atoms with van der Waals surface area (Å²) in [6.07, 6.45) is 1.55. The fourth-order valence-electron chi connectivity index (χ4n) is 1.23. The van der Waals surface area contributed by atoms with Gasteiger partial charge in [-0.1, -0.05) is 0 Å².